The van der Waals surface area contributed by atoms with Gasteiger partial charge in [0.25, 0.3) is 0 Å². The Hall–Kier alpha value is -2.62. The third kappa shape index (κ3) is 2.69. The van der Waals surface area contributed by atoms with Gasteiger partial charge in [-0.2, -0.15) is 0 Å². The summed E-state index contributed by atoms with van der Waals surface area (Å²) in [6, 6.07) is 13.3. The minimum absolute atomic E-state index is 0.0224. The molecule has 1 N–H and O–H groups in total. The van der Waals surface area contributed by atoms with Crippen LogP contribution in [0, 0.1) is 0 Å². The van der Waals surface area contributed by atoms with E-state index in [9.17, 15) is 9.59 Å². The number of anilines is 1. The second kappa shape index (κ2) is 5.57. The number of carboxylic acids is 1. The highest BCUT2D eigenvalue weighted by Gasteiger charge is 2.17. The average Bonchev–Trinajstić information content (AvgIpc) is 2.46. The molecule has 0 saturated heterocycles. The highest BCUT2D eigenvalue weighted by atomic mass is 16.4. The third-order valence-electron chi connectivity index (χ3n) is 3.05. The molecule has 0 atom stereocenters. The largest absolute Gasteiger partial charge is 0.478 e. The number of ketones is 1. The second-order valence-corrected chi connectivity index (χ2v) is 4.62. The van der Waals surface area contributed by atoms with Crippen molar-refractivity contribution in [3.8, 4) is 0 Å². The second-order valence-electron chi connectivity index (χ2n) is 4.62. The first-order valence-corrected chi connectivity index (χ1v) is 6.15. The lowest BCUT2D eigenvalue weighted by Crippen LogP contribution is -2.11. The van der Waals surface area contributed by atoms with Gasteiger partial charge >= 0.3 is 5.97 Å². The lowest BCUT2D eigenvalue weighted by Gasteiger charge is -2.12. The Balaban J connectivity index is 2.39. The SMILES string of the molecule is CN(C)c1ccc(C(=O)c2ccccc2C(=O)O)cc1. The Morgan fingerprint density at radius 2 is 1.45 bits per heavy atom. The van der Waals surface area contributed by atoms with E-state index >= 15 is 0 Å². The van der Waals surface area contributed by atoms with Gasteiger partial charge in [-0.05, 0) is 30.3 Å². The molecule has 0 aromatic heterocycles. The standard InChI is InChI=1S/C16H15NO3/c1-17(2)12-9-7-11(8-10-12)15(18)13-5-3-4-6-14(13)16(19)20/h3-10H,1-2H3,(H,19,20). The monoisotopic (exact) mass is 269 g/mol. The number of rotatable bonds is 4. The van der Waals surface area contributed by atoms with E-state index in [1.165, 1.54) is 12.1 Å². The Morgan fingerprint density at radius 3 is 1.95 bits per heavy atom. The number of carbonyl (C=O) groups is 2. The predicted octanol–water partition coefficient (Wildman–Crippen LogP) is 2.68. The molecule has 0 aliphatic heterocycles. The van der Waals surface area contributed by atoms with Gasteiger partial charge in [-0.25, -0.2) is 4.79 Å². The van der Waals surface area contributed by atoms with Gasteiger partial charge in [0.2, 0.25) is 0 Å². The molecule has 0 radical (unpaired) electrons. The summed E-state index contributed by atoms with van der Waals surface area (Å²) >= 11 is 0. The number of hydrogen-bond donors (Lipinski definition) is 1. The van der Waals surface area contributed by atoms with E-state index in [0.717, 1.165) is 5.69 Å². The molecule has 0 unspecified atom stereocenters. The third-order valence-corrected chi connectivity index (χ3v) is 3.05. The van der Waals surface area contributed by atoms with E-state index in [1.807, 2.05) is 31.1 Å². The first kappa shape index (κ1) is 13.8. The fraction of sp³-hybridized carbons (Fsp3) is 0.125. The number of aromatic carboxylic acids is 1. The number of nitrogens with zero attached hydrogens (tertiary/aromatic N) is 1. The van der Waals surface area contributed by atoms with Gasteiger partial charge in [-0.15, -0.1) is 0 Å². The van der Waals surface area contributed by atoms with Crippen molar-refractivity contribution >= 4 is 17.4 Å². The van der Waals surface area contributed by atoms with Crippen molar-refractivity contribution in [2.75, 3.05) is 19.0 Å². The number of carbonyl (C=O) groups excluding carboxylic acids is 1. The molecule has 0 amide bonds. The van der Waals surface area contributed by atoms with Gasteiger partial charge in [-0.1, -0.05) is 18.2 Å². The Kier molecular flexibility index (Phi) is 3.84. The molecule has 4 heteroatoms. The average molecular weight is 269 g/mol. The summed E-state index contributed by atoms with van der Waals surface area (Å²) in [5, 5.41) is 9.12. The molecule has 4 nitrogen and oxygen atoms in total. The summed E-state index contributed by atoms with van der Waals surface area (Å²) in [4.78, 5) is 25.4. The lowest BCUT2D eigenvalue weighted by atomic mass is 9.98. The molecule has 102 valence electrons. The molecular formula is C16H15NO3. The van der Waals surface area contributed by atoms with Gasteiger partial charge in [0.15, 0.2) is 5.78 Å². The van der Waals surface area contributed by atoms with Crippen LogP contribution in [-0.4, -0.2) is 31.0 Å². The van der Waals surface area contributed by atoms with Crippen molar-refractivity contribution in [1.29, 1.82) is 0 Å². The Bertz CT molecular complexity index is 645. The molecule has 2 aromatic carbocycles. The molecule has 0 bridgehead atoms. The van der Waals surface area contributed by atoms with Crippen LogP contribution < -0.4 is 4.90 Å². The minimum Gasteiger partial charge on any atom is -0.478 e. The van der Waals surface area contributed by atoms with Crippen LogP contribution in [0.5, 0.6) is 0 Å². The smallest absolute Gasteiger partial charge is 0.336 e. The van der Waals surface area contributed by atoms with Crippen LogP contribution in [-0.2, 0) is 0 Å². The van der Waals surface area contributed by atoms with Crippen LogP contribution in [0.3, 0.4) is 0 Å². The van der Waals surface area contributed by atoms with Crippen molar-refractivity contribution in [2.24, 2.45) is 0 Å². The highest BCUT2D eigenvalue weighted by Crippen LogP contribution is 2.18. The van der Waals surface area contributed by atoms with Gasteiger partial charge in [0, 0.05) is 30.9 Å². The normalized spacial score (nSPS) is 10.1. The zero-order chi connectivity index (χ0) is 14.7. The quantitative estimate of drug-likeness (QED) is 0.867. The van der Waals surface area contributed by atoms with Crippen LogP contribution in [0.1, 0.15) is 26.3 Å². The number of hydrogen-bond acceptors (Lipinski definition) is 3. The van der Waals surface area contributed by atoms with Crippen molar-refractivity contribution < 1.29 is 14.7 Å². The minimum atomic E-state index is -1.10. The lowest BCUT2D eigenvalue weighted by molar-refractivity contribution is 0.0693. The van der Waals surface area contributed by atoms with E-state index in [4.69, 9.17) is 5.11 Å². The fourth-order valence-corrected chi connectivity index (χ4v) is 1.93. The molecule has 0 fully saturated rings. The van der Waals surface area contributed by atoms with Crippen molar-refractivity contribution in [1.82, 2.24) is 0 Å². The van der Waals surface area contributed by atoms with Crippen molar-refractivity contribution in [3.63, 3.8) is 0 Å². The van der Waals surface area contributed by atoms with Gasteiger partial charge in [0.1, 0.15) is 0 Å². The van der Waals surface area contributed by atoms with Crippen molar-refractivity contribution in [2.45, 2.75) is 0 Å². The highest BCUT2D eigenvalue weighted by molar-refractivity contribution is 6.14. The van der Waals surface area contributed by atoms with Crippen LogP contribution in [0.2, 0.25) is 0 Å². The van der Waals surface area contributed by atoms with E-state index in [-0.39, 0.29) is 16.9 Å². The fourth-order valence-electron chi connectivity index (χ4n) is 1.93. The molecule has 2 rings (SSSR count). The van der Waals surface area contributed by atoms with E-state index in [2.05, 4.69) is 0 Å². The zero-order valence-corrected chi connectivity index (χ0v) is 11.3. The van der Waals surface area contributed by atoms with Crippen LogP contribution in [0.15, 0.2) is 48.5 Å². The molecule has 20 heavy (non-hydrogen) atoms. The molecule has 0 spiro atoms. The number of carboxylic acid groups (broad SMARTS) is 1. The molecular weight excluding hydrogens is 254 g/mol. The van der Waals surface area contributed by atoms with Gasteiger partial charge in [-0.3, -0.25) is 4.79 Å². The van der Waals surface area contributed by atoms with Crippen LogP contribution in [0.25, 0.3) is 0 Å². The molecule has 0 aliphatic rings. The molecule has 0 saturated carbocycles. The van der Waals surface area contributed by atoms with Crippen molar-refractivity contribution in [3.05, 3.63) is 65.2 Å². The van der Waals surface area contributed by atoms with Crippen LogP contribution in [0.4, 0.5) is 5.69 Å². The molecule has 0 aliphatic carbocycles. The Labute approximate surface area is 117 Å². The summed E-state index contributed by atoms with van der Waals surface area (Å²) in [6.07, 6.45) is 0. The maximum absolute atomic E-state index is 12.4. The van der Waals surface area contributed by atoms with E-state index in [1.54, 1.807) is 24.3 Å². The van der Waals surface area contributed by atoms with Gasteiger partial charge in [0.05, 0.1) is 5.56 Å². The summed E-state index contributed by atoms with van der Waals surface area (Å²) in [6.45, 7) is 0. The molecule has 0 heterocycles. The summed E-state index contributed by atoms with van der Waals surface area (Å²) in [5.74, 6) is -1.38. The zero-order valence-electron chi connectivity index (χ0n) is 11.3. The van der Waals surface area contributed by atoms with Gasteiger partial charge < -0.3 is 10.0 Å². The topological polar surface area (TPSA) is 57.6 Å². The summed E-state index contributed by atoms with van der Waals surface area (Å²) < 4.78 is 0. The first-order valence-electron chi connectivity index (χ1n) is 6.15. The number of benzene rings is 2. The summed E-state index contributed by atoms with van der Waals surface area (Å²) in [7, 11) is 3.83. The van der Waals surface area contributed by atoms with Crippen LogP contribution >= 0.6 is 0 Å². The van der Waals surface area contributed by atoms with E-state index < -0.39 is 5.97 Å². The Morgan fingerprint density at radius 1 is 0.900 bits per heavy atom. The summed E-state index contributed by atoms with van der Waals surface area (Å²) in [5.41, 5.74) is 1.68. The molecule has 2 aromatic rings. The first-order chi connectivity index (χ1) is 9.50. The van der Waals surface area contributed by atoms with E-state index in [0.29, 0.717) is 5.56 Å². The maximum atomic E-state index is 12.4. The maximum Gasteiger partial charge on any atom is 0.336 e. The predicted molar refractivity (Wildman–Crippen MR) is 77.6 cm³/mol.